The van der Waals surface area contributed by atoms with E-state index in [-0.39, 0.29) is 13.0 Å². The van der Waals surface area contributed by atoms with Crippen LogP contribution in [0.15, 0.2) is 30.5 Å². The molecule has 0 aliphatic rings. The number of aryl methyl sites for hydroxylation is 1. The van der Waals surface area contributed by atoms with Crippen LogP contribution in [0.5, 0.6) is 0 Å². The lowest BCUT2D eigenvalue weighted by Crippen LogP contribution is -2.44. The Morgan fingerprint density at radius 3 is 2.36 bits per heavy atom. The van der Waals surface area contributed by atoms with Crippen LogP contribution in [0.1, 0.15) is 5.56 Å². The summed E-state index contributed by atoms with van der Waals surface area (Å²) in [4.78, 5) is 44.1. The van der Waals surface area contributed by atoms with Crippen LogP contribution in [0.2, 0.25) is 0 Å². The van der Waals surface area contributed by atoms with Crippen LogP contribution in [0, 0.1) is 0 Å². The lowest BCUT2D eigenvalue weighted by Gasteiger charge is -2.13. The van der Waals surface area contributed by atoms with Gasteiger partial charge in [0.05, 0.1) is 6.54 Å². The number of carboxylic acids is 1. The summed E-state index contributed by atoms with van der Waals surface area (Å²) in [6.07, 6.45) is 2.11. The number of carbonyl (C=O) groups is 2. The van der Waals surface area contributed by atoms with Crippen molar-refractivity contribution in [2.45, 2.75) is 12.5 Å². The van der Waals surface area contributed by atoms with Crippen LogP contribution in [0.25, 0.3) is 10.9 Å². The predicted octanol–water partition coefficient (Wildman–Crippen LogP) is -0.680. The second-order valence-corrected chi connectivity index (χ2v) is 6.19. The van der Waals surface area contributed by atoms with Crippen molar-refractivity contribution in [3.05, 3.63) is 36.0 Å². The Bertz CT molecular complexity index is 791. The van der Waals surface area contributed by atoms with Crippen molar-refractivity contribution in [3.63, 3.8) is 0 Å². The zero-order chi connectivity index (χ0) is 19.2. The maximum Gasteiger partial charge on any atom is 0.466 e. The molecule has 25 heavy (non-hydrogen) atoms. The SMILES string of the molecule is Cn1cc(C[C@@H](NC(=O)CN)C(=O)O)c2ccccc21.O=P(O)(O)O. The molecule has 1 atom stereocenters. The summed E-state index contributed by atoms with van der Waals surface area (Å²) < 4.78 is 10.8. The van der Waals surface area contributed by atoms with Gasteiger partial charge in [0.2, 0.25) is 5.91 Å². The first-order valence-corrected chi connectivity index (χ1v) is 8.63. The van der Waals surface area contributed by atoms with Crippen molar-refractivity contribution in [2.24, 2.45) is 12.8 Å². The number of benzene rings is 1. The summed E-state index contributed by atoms with van der Waals surface area (Å²) in [5, 5.41) is 12.6. The number of amides is 1. The Kier molecular flexibility index (Phi) is 7.28. The molecule has 11 heteroatoms. The van der Waals surface area contributed by atoms with Gasteiger partial charge in [-0.3, -0.25) is 4.79 Å². The normalized spacial score (nSPS) is 12.2. The number of nitrogens with zero attached hydrogens (tertiary/aromatic N) is 1. The van der Waals surface area contributed by atoms with E-state index in [0.717, 1.165) is 16.5 Å². The first-order chi connectivity index (χ1) is 11.5. The van der Waals surface area contributed by atoms with Gasteiger partial charge in [-0.15, -0.1) is 0 Å². The quantitative estimate of drug-likeness (QED) is 0.374. The van der Waals surface area contributed by atoms with Gasteiger partial charge in [0.25, 0.3) is 0 Å². The smallest absolute Gasteiger partial charge is 0.466 e. The standard InChI is InChI=1S/C14H17N3O3.H3O4P/c1-17-8-9(10-4-2-3-5-12(10)17)6-11(14(19)20)16-13(18)7-15;1-5(2,3)4/h2-5,8,11H,6-7,15H2,1H3,(H,16,18)(H,19,20);(H3,1,2,3,4)/t11-;/m1./s1. The summed E-state index contributed by atoms with van der Waals surface area (Å²) in [5.41, 5.74) is 7.11. The van der Waals surface area contributed by atoms with Crippen molar-refractivity contribution < 1.29 is 33.9 Å². The molecule has 7 N–H and O–H groups in total. The van der Waals surface area contributed by atoms with Crippen LogP contribution in [0.3, 0.4) is 0 Å². The van der Waals surface area contributed by atoms with Crippen LogP contribution < -0.4 is 11.1 Å². The molecule has 2 aromatic rings. The van der Waals surface area contributed by atoms with E-state index >= 15 is 0 Å². The highest BCUT2D eigenvalue weighted by molar-refractivity contribution is 7.45. The zero-order valence-electron chi connectivity index (χ0n) is 13.4. The molecule has 1 aromatic heterocycles. The highest BCUT2D eigenvalue weighted by Gasteiger charge is 2.21. The zero-order valence-corrected chi connectivity index (χ0v) is 14.3. The summed E-state index contributed by atoms with van der Waals surface area (Å²) in [6.45, 7) is -0.223. The molecule has 1 aromatic carbocycles. The number of rotatable bonds is 5. The molecule has 0 radical (unpaired) electrons. The van der Waals surface area contributed by atoms with Gasteiger partial charge in [-0.1, -0.05) is 18.2 Å². The number of phosphoric acid groups is 1. The van der Waals surface area contributed by atoms with Crippen LogP contribution >= 0.6 is 7.82 Å². The molecule has 0 unspecified atom stereocenters. The minimum Gasteiger partial charge on any atom is -0.480 e. The van der Waals surface area contributed by atoms with Crippen molar-refractivity contribution in [1.29, 1.82) is 0 Å². The van der Waals surface area contributed by atoms with E-state index in [4.69, 9.17) is 25.0 Å². The van der Waals surface area contributed by atoms with E-state index in [1.165, 1.54) is 0 Å². The third kappa shape index (κ3) is 7.04. The minimum atomic E-state index is -4.64. The Morgan fingerprint density at radius 1 is 1.28 bits per heavy atom. The molecule has 0 bridgehead atoms. The topological polar surface area (TPSA) is 175 Å². The maximum absolute atomic E-state index is 11.3. The summed E-state index contributed by atoms with van der Waals surface area (Å²) in [7, 11) is -2.74. The summed E-state index contributed by atoms with van der Waals surface area (Å²) >= 11 is 0. The number of aliphatic carboxylic acids is 1. The number of carbonyl (C=O) groups excluding carboxylic acids is 1. The lowest BCUT2D eigenvalue weighted by molar-refractivity contribution is -0.141. The van der Waals surface area contributed by atoms with Gasteiger partial charge >= 0.3 is 13.8 Å². The molecule has 0 spiro atoms. The molecule has 0 aliphatic carbocycles. The predicted molar refractivity (Wildman–Crippen MR) is 89.5 cm³/mol. The van der Waals surface area contributed by atoms with E-state index < -0.39 is 25.7 Å². The summed E-state index contributed by atoms with van der Waals surface area (Å²) in [6, 6.07) is 6.76. The number of hydrogen-bond acceptors (Lipinski definition) is 4. The van der Waals surface area contributed by atoms with E-state index in [1.807, 2.05) is 42.1 Å². The van der Waals surface area contributed by atoms with Crippen LogP contribution in [-0.2, 0) is 27.6 Å². The number of carboxylic acid groups (broad SMARTS) is 1. The Morgan fingerprint density at radius 2 is 1.84 bits per heavy atom. The number of aromatic nitrogens is 1. The monoisotopic (exact) mass is 373 g/mol. The molecule has 0 aliphatic heterocycles. The van der Waals surface area contributed by atoms with Crippen molar-refractivity contribution in [3.8, 4) is 0 Å². The molecule has 138 valence electrons. The molecule has 10 nitrogen and oxygen atoms in total. The van der Waals surface area contributed by atoms with Crippen LogP contribution in [0.4, 0.5) is 0 Å². The molecular formula is C14H20N3O7P. The van der Waals surface area contributed by atoms with E-state index in [1.54, 1.807) is 0 Å². The second kappa shape index (κ2) is 8.75. The highest BCUT2D eigenvalue weighted by atomic mass is 31.2. The first-order valence-electron chi connectivity index (χ1n) is 7.06. The fourth-order valence-corrected chi connectivity index (χ4v) is 2.26. The number of para-hydroxylation sites is 1. The number of nitrogens with two attached hydrogens (primary N) is 1. The average Bonchev–Trinajstić information content (AvgIpc) is 2.81. The third-order valence-electron chi connectivity index (χ3n) is 3.22. The number of nitrogens with one attached hydrogen (secondary N) is 1. The molecule has 0 saturated heterocycles. The number of hydrogen-bond donors (Lipinski definition) is 6. The Balaban J connectivity index is 0.000000550. The van der Waals surface area contributed by atoms with Gasteiger partial charge in [0.15, 0.2) is 0 Å². The fourth-order valence-electron chi connectivity index (χ4n) is 2.26. The van der Waals surface area contributed by atoms with E-state index in [9.17, 15) is 14.7 Å². The van der Waals surface area contributed by atoms with Crippen molar-refractivity contribution >= 4 is 30.6 Å². The highest BCUT2D eigenvalue weighted by Crippen LogP contribution is 2.25. The van der Waals surface area contributed by atoms with Gasteiger partial charge in [-0.2, -0.15) is 0 Å². The molecule has 0 saturated carbocycles. The second-order valence-electron chi connectivity index (χ2n) is 5.16. The minimum absolute atomic E-state index is 0.223. The van der Waals surface area contributed by atoms with Gasteiger partial charge in [-0.05, 0) is 11.6 Å². The maximum atomic E-state index is 11.3. The van der Waals surface area contributed by atoms with Gasteiger partial charge < -0.3 is 35.4 Å². The molecule has 1 heterocycles. The Labute approximate surface area is 143 Å². The Hall–Kier alpha value is -2.23. The average molecular weight is 373 g/mol. The molecule has 2 rings (SSSR count). The van der Waals surface area contributed by atoms with Gasteiger partial charge in [-0.25, -0.2) is 9.36 Å². The summed E-state index contributed by atoms with van der Waals surface area (Å²) in [5.74, 6) is -1.54. The number of fused-ring (bicyclic) bond motifs is 1. The van der Waals surface area contributed by atoms with Crippen molar-refractivity contribution in [1.82, 2.24) is 9.88 Å². The fraction of sp³-hybridized carbons (Fsp3) is 0.286. The van der Waals surface area contributed by atoms with Crippen LogP contribution in [-0.4, -0.2) is 48.8 Å². The lowest BCUT2D eigenvalue weighted by atomic mass is 10.1. The third-order valence-corrected chi connectivity index (χ3v) is 3.22. The molecule has 1 amide bonds. The molecule has 0 fully saturated rings. The van der Waals surface area contributed by atoms with Crippen molar-refractivity contribution in [2.75, 3.05) is 6.54 Å². The van der Waals surface area contributed by atoms with Gasteiger partial charge in [0.1, 0.15) is 6.04 Å². The van der Waals surface area contributed by atoms with E-state index in [0.29, 0.717) is 0 Å². The molecular weight excluding hydrogens is 353 g/mol. The van der Waals surface area contributed by atoms with Gasteiger partial charge in [0, 0.05) is 30.6 Å². The first kappa shape index (κ1) is 20.8. The largest absolute Gasteiger partial charge is 0.480 e. The van der Waals surface area contributed by atoms with E-state index in [2.05, 4.69) is 5.32 Å².